The maximum atomic E-state index is 11.6. The summed E-state index contributed by atoms with van der Waals surface area (Å²) in [4.78, 5) is 11.6. The van der Waals surface area contributed by atoms with E-state index < -0.39 is 0 Å². The van der Waals surface area contributed by atoms with Crippen LogP contribution in [0.1, 0.15) is 30.1 Å². The van der Waals surface area contributed by atoms with Gasteiger partial charge in [-0.15, -0.1) is 0 Å². The van der Waals surface area contributed by atoms with Crippen molar-refractivity contribution in [2.75, 3.05) is 6.61 Å². The first-order chi connectivity index (χ1) is 7.27. The van der Waals surface area contributed by atoms with Gasteiger partial charge in [-0.1, -0.05) is 0 Å². The molecule has 0 spiro atoms. The highest BCUT2D eigenvalue weighted by Crippen LogP contribution is 2.15. The summed E-state index contributed by atoms with van der Waals surface area (Å²) in [6.45, 7) is 2.77. The minimum absolute atomic E-state index is 0.0508. The van der Waals surface area contributed by atoms with Crippen LogP contribution < -0.4 is 5.32 Å². The van der Waals surface area contributed by atoms with Gasteiger partial charge in [0.05, 0.1) is 23.9 Å². The highest BCUT2D eigenvalue weighted by molar-refractivity contribution is 5.93. The summed E-state index contributed by atoms with van der Waals surface area (Å²) in [5.41, 5.74) is 0.555. The van der Waals surface area contributed by atoms with Gasteiger partial charge in [0.15, 0.2) is 0 Å². The lowest BCUT2D eigenvalue weighted by molar-refractivity contribution is 0.0712. The summed E-state index contributed by atoms with van der Waals surface area (Å²) in [6, 6.07) is 0.0508. The van der Waals surface area contributed by atoms with Crippen LogP contribution in [0, 0.1) is 0 Å². The molecule has 1 aliphatic heterocycles. The van der Waals surface area contributed by atoms with Crippen molar-refractivity contribution < 1.29 is 9.53 Å². The monoisotopic (exact) mass is 209 g/mol. The first kappa shape index (κ1) is 10.2. The van der Waals surface area contributed by atoms with Gasteiger partial charge in [-0.3, -0.25) is 9.89 Å². The van der Waals surface area contributed by atoms with Crippen LogP contribution in [-0.4, -0.2) is 34.9 Å². The number of nitrogens with one attached hydrogen (secondary N) is 2. The van der Waals surface area contributed by atoms with Crippen molar-refractivity contribution in [1.82, 2.24) is 15.5 Å². The standard InChI is InChI=1S/C10H15N3O2/c1-7(9-3-2-4-15-9)13-10(14)8-5-11-12-6-8/h5-7,9H,2-4H2,1H3,(H,11,12)(H,13,14). The van der Waals surface area contributed by atoms with E-state index in [1.54, 1.807) is 6.20 Å². The van der Waals surface area contributed by atoms with Crippen LogP contribution in [0.25, 0.3) is 0 Å². The average molecular weight is 209 g/mol. The molecule has 0 bridgehead atoms. The molecule has 1 aliphatic rings. The summed E-state index contributed by atoms with van der Waals surface area (Å²) in [5, 5.41) is 9.24. The number of aromatic amines is 1. The van der Waals surface area contributed by atoms with Crippen LogP contribution in [0.15, 0.2) is 12.4 Å². The fraction of sp³-hybridized carbons (Fsp3) is 0.600. The number of aromatic nitrogens is 2. The Morgan fingerprint density at radius 3 is 3.27 bits per heavy atom. The van der Waals surface area contributed by atoms with E-state index in [4.69, 9.17) is 4.74 Å². The molecule has 1 aromatic rings. The zero-order valence-corrected chi connectivity index (χ0v) is 8.69. The van der Waals surface area contributed by atoms with Crippen molar-refractivity contribution >= 4 is 5.91 Å². The topological polar surface area (TPSA) is 67.0 Å². The molecule has 2 N–H and O–H groups in total. The quantitative estimate of drug-likeness (QED) is 0.770. The van der Waals surface area contributed by atoms with Crippen LogP contribution >= 0.6 is 0 Å². The highest BCUT2D eigenvalue weighted by Gasteiger charge is 2.23. The number of hydrogen-bond donors (Lipinski definition) is 2. The third kappa shape index (κ3) is 2.36. The van der Waals surface area contributed by atoms with Gasteiger partial charge in [-0.2, -0.15) is 5.10 Å². The number of ether oxygens (including phenoxy) is 1. The Labute approximate surface area is 88.2 Å². The molecule has 1 saturated heterocycles. The van der Waals surface area contributed by atoms with Gasteiger partial charge in [0.25, 0.3) is 5.91 Å². The molecule has 15 heavy (non-hydrogen) atoms. The molecular weight excluding hydrogens is 194 g/mol. The second-order valence-electron chi connectivity index (χ2n) is 3.80. The van der Waals surface area contributed by atoms with Crippen LogP contribution in [0.5, 0.6) is 0 Å². The highest BCUT2D eigenvalue weighted by atomic mass is 16.5. The van der Waals surface area contributed by atoms with E-state index in [0.717, 1.165) is 19.4 Å². The van der Waals surface area contributed by atoms with Gasteiger partial charge >= 0.3 is 0 Å². The van der Waals surface area contributed by atoms with Gasteiger partial charge in [-0.25, -0.2) is 0 Å². The Hall–Kier alpha value is -1.36. The fourth-order valence-corrected chi connectivity index (χ4v) is 1.76. The molecule has 1 fully saturated rings. The largest absolute Gasteiger partial charge is 0.376 e. The van der Waals surface area contributed by atoms with Gasteiger partial charge in [0.1, 0.15) is 0 Å². The van der Waals surface area contributed by atoms with Gasteiger partial charge < -0.3 is 10.1 Å². The van der Waals surface area contributed by atoms with Crippen molar-refractivity contribution in [1.29, 1.82) is 0 Å². The second kappa shape index (κ2) is 4.44. The van der Waals surface area contributed by atoms with E-state index >= 15 is 0 Å². The Kier molecular flexibility index (Phi) is 3.01. The maximum absolute atomic E-state index is 11.6. The average Bonchev–Trinajstić information content (AvgIpc) is 2.91. The Morgan fingerprint density at radius 2 is 2.67 bits per heavy atom. The molecule has 2 rings (SSSR count). The lowest BCUT2D eigenvalue weighted by Gasteiger charge is -2.19. The van der Waals surface area contributed by atoms with Crippen molar-refractivity contribution in [2.45, 2.75) is 31.9 Å². The number of H-pyrrole nitrogens is 1. The van der Waals surface area contributed by atoms with Crippen molar-refractivity contribution in [2.24, 2.45) is 0 Å². The smallest absolute Gasteiger partial charge is 0.254 e. The molecule has 1 amide bonds. The predicted molar refractivity (Wildman–Crippen MR) is 54.5 cm³/mol. The fourth-order valence-electron chi connectivity index (χ4n) is 1.76. The summed E-state index contributed by atoms with van der Waals surface area (Å²) in [5.74, 6) is -0.105. The minimum atomic E-state index is -0.105. The molecule has 1 aromatic heterocycles. The molecule has 5 nitrogen and oxygen atoms in total. The number of amides is 1. The number of nitrogens with zero attached hydrogens (tertiary/aromatic N) is 1. The minimum Gasteiger partial charge on any atom is -0.376 e. The van der Waals surface area contributed by atoms with Crippen molar-refractivity contribution in [3.8, 4) is 0 Å². The lowest BCUT2D eigenvalue weighted by Crippen LogP contribution is -2.40. The van der Waals surface area contributed by atoms with Gasteiger partial charge in [-0.05, 0) is 19.8 Å². The molecule has 82 valence electrons. The van der Waals surface area contributed by atoms with E-state index in [1.165, 1.54) is 6.20 Å². The van der Waals surface area contributed by atoms with Crippen molar-refractivity contribution in [3.05, 3.63) is 18.0 Å². The molecular formula is C10H15N3O2. The van der Waals surface area contributed by atoms with Crippen molar-refractivity contribution in [3.63, 3.8) is 0 Å². The first-order valence-electron chi connectivity index (χ1n) is 5.18. The van der Waals surface area contributed by atoms with Crippen LogP contribution in [-0.2, 0) is 4.74 Å². The molecule has 0 aromatic carbocycles. The summed E-state index contributed by atoms with van der Waals surface area (Å²) >= 11 is 0. The molecule has 0 radical (unpaired) electrons. The zero-order valence-electron chi connectivity index (χ0n) is 8.69. The number of hydrogen-bond acceptors (Lipinski definition) is 3. The normalized spacial score (nSPS) is 22.6. The first-order valence-corrected chi connectivity index (χ1v) is 5.18. The zero-order chi connectivity index (χ0) is 10.7. The van der Waals surface area contributed by atoms with Gasteiger partial charge in [0.2, 0.25) is 0 Å². The van der Waals surface area contributed by atoms with E-state index in [-0.39, 0.29) is 18.1 Å². The maximum Gasteiger partial charge on any atom is 0.254 e. The number of rotatable bonds is 3. The Morgan fingerprint density at radius 1 is 1.80 bits per heavy atom. The van der Waals surface area contributed by atoms with Gasteiger partial charge in [0, 0.05) is 12.8 Å². The Balaban J connectivity index is 1.88. The van der Waals surface area contributed by atoms with Crippen LogP contribution in [0.4, 0.5) is 0 Å². The van der Waals surface area contributed by atoms with E-state index in [1.807, 2.05) is 6.92 Å². The predicted octanol–water partition coefficient (Wildman–Crippen LogP) is 0.707. The summed E-state index contributed by atoms with van der Waals surface area (Å²) in [7, 11) is 0. The third-order valence-electron chi connectivity index (χ3n) is 2.64. The summed E-state index contributed by atoms with van der Waals surface area (Å²) < 4.78 is 5.49. The van der Waals surface area contributed by atoms with E-state index in [9.17, 15) is 4.79 Å². The molecule has 0 aliphatic carbocycles. The molecule has 2 heterocycles. The molecule has 2 unspecified atom stereocenters. The van der Waals surface area contributed by atoms with Crippen LogP contribution in [0.2, 0.25) is 0 Å². The number of carbonyl (C=O) groups excluding carboxylic acids is 1. The Bertz CT molecular complexity index is 317. The SMILES string of the molecule is CC(NC(=O)c1cn[nH]c1)C1CCCO1. The summed E-state index contributed by atoms with van der Waals surface area (Å²) in [6.07, 6.45) is 5.35. The van der Waals surface area contributed by atoms with Crippen LogP contribution in [0.3, 0.4) is 0 Å². The van der Waals surface area contributed by atoms with E-state index in [0.29, 0.717) is 5.56 Å². The molecule has 0 saturated carbocycles. The molecule has 2 atom stereocenters. The third-order valence-corrected chi connectivity index (χ3v) is 2.64. The second-order valence-corrected chi connectivity index (χ2v) is 3.80. The van der Waals surface area contributed by atoms with E-state index in [2.05, 4.69) is 15.5 Å². The lowest BCUT2D eigenvalue weighted by atomic mass is 10.1. The number of carbonyl (C=O) groups is 1. The molecule has 5 heteroatoms.